The summed E-state index contributed by atoms with van der Waals surface area (Å²) in [6.45, 7) is 11.6. The number of carbonyl (C=O) groups excluding carboxylic acids is 1. The number of ether oxygens (including phenoxy) is 1. The number of hydrogen-bond donors (Lipinski definition) is 1. The Morgan fingerprint density at radius 1 is 1.22 bits per heavy atom. The summed E-state index contributed by atoms with van der Waals surface area (Å²) in [5.41, 5.74) is 0. The van der Waals surface area contributed by atoms with Crippen LogP contribution >= 0.6 is 0 Å². The molecule has 0 aromatic rings. The van der Waals surface area contributed by atoms with Gasteiger partial charge in [-0.05, 0) is 19.5 Å². The zero-order chi connectivity index (χ0) is 13.4. The van der Waals surface area contributed by atoms with E-state index in [1.807, 2.05) is 6.92 Å². The first-order valence-corrected chi connectivity index (χ1v) is 6.97. The van der Waals surface area contributed by atoms with Gasteiger partial charge in [-0.3, -0.25) is 4.79 Å². The van der Waals surface area contributed by atoms with E-state index < -0.39 is 0 Å². The molecular formula is C13H27N3O2. The second-order valence-corrected chi connectivity index (χ2v) is 4.70. The molecule has 1 aliphatic rings. The number of piperazine rings is 1. The number of rotatable bonds is 7. The molecule has 106 valence electrons. The number of nitrogens with one attached hydrogen (secondary N) is 1. The molecule has 1 N–H and O–H groups in total. The molecule has 0 aliphatic carbocycles. The predicted octanol–water partition coefficient (Wildman–Crippen LogP) is 0.165. The van der Waals surface area contributed by atoms with Crippen molar-refractivity contribution in [2.24, 2.45) is 0 Å². The minimum Gasteiger partial charge on any atom is -0.468 e. The van der Waals surface area contributed by atoms with Crippen molar-refractivity contribution in [3.8, 4) is 0 Å². The van der Waals surface area contributed by atoms with Crippen LogP contribution in [0.3, 0.4) is 0 Å². The lowest BCUT2D eigenvalue weighted by Gasteiger charge is -2.34. The highest BCUT2D eigenvalue weighted by Crippen LogP contribution is 2.04. The van der Waals surface area contributed by atoms with Crippen molar-refractivity contribution in [2.45, 2.75) is 26.3 Å². The Morgan fingerprint density at radius 3 is 2.33 bits per heavy atom. The Hall–Kier alpha value is -0.650. The first kappa shape index (κ1) is 15.4. The van der Waals surface area contributed by atoms with Crippen LogP contribution in [-0.2, 0) is 9.53 Å². The van der Waals surface area contributed by atoms with Crippen molar-refractivity contribution in [1.29, 1.82) is 0 Å². The van der Waals surface area contributed by atoms with Gasteiger partial charge in [0.05, 0.1) is 7.11 Å². The molecule has 0 saturated carbocycles. The van der Waals surface area contributed by atoms with E-state index in [0.717, 1.165) is 52.2 Å². The minimum absolute atomic E-state index is 0.149. The molecule has 1 unspecified atom stereocenters. The van der Waals surface area contributed by atoms with Crippen LogP contribution in [-0.4, -0.2) is 74.7 Å². The van der Waals surface area contributed by atoms with Crippen molar-refractivity contribution in [3.05, 3.63) is 0 Å². The summed E-state index contributed by atoms with van der Waals surface area (Å²) >= 11 is 0. The van der Waals surface area contributed by atoms with E-state index in [-0.39, 0.29) is 12.0 Å². The van der Waals surface area contributed by atoms with Crippen molar-refractivity contribution in [2.75, 3.05) is 52.9 Å². The van der Waals surface area contributed by atoms with Gasteiger partial charge in [-0.25, -0.2) is 0 Å². The quantitative estimate of drug-likeness (QED) is 0.659. The molecule has 18 heavy (non-hydrogen) atoms. The maximum absolute atomic E-state index is 11.6. The summed E-state index contributed by atoms with van der Waals surface area (Å²) in [6, 6.07) is -0.163. The van der Waals surface area contributed by atoms with E-state index >= 15 is 0 Å². The maximum Gasteiger partial charge on any atom is 0.322 e. The molecule has 5 nitrogen and oxygen atoms in total. The maximum atomic E-state index is 11.6. The normalized spacial score (nSPS) is 19.7. The smallest absolute Gasteiger partial charge is 0.322 e. The second-order valence-electron chi connectivity index (χ2n) is 4.70. The summed E-state index contributed by atoms with van der Waals surface area (Å²) < 4.78 is 4.81. The van der Waals surface area contributed by atoms with Crippen LogP contribution in [0.4, 0.5) is 0 Å². The van der Waals surface area contributed by atoms with Crippen molar-refractivity contribution >= 4 is 5.97 Å². The number of methoxy groups -OCH3 is 1. The standard InChI is InChI=1S/C13H27N3O2/c1-4-14-12(13(17)18-3)6-7-16-10-8-15(5-2)9-11-16/h12,14H,4-11H2,1-3H3. The van der Waals surface area contributed by atoms with Crippen LogP contribution in [0.15, 0.2) is 0 Å². The average molecular weight is 257 g/mol. The van der Waals surface area contributed by atoms with Gasteiger partial charge in [-0.15, -0.1) is 0 Å². The van der Waals surface area contributed by atoms with Gasteiger partial charge < -0.3 is 19.9 Å². The highest BCUT2D eigenvalue weighted by atomic mass is 16.5. The van der Waals surface area contributed by atoms with Gasteiger partial charge in [0.2, 0.25) is 0 Å². The van der Waals surface area contributed by atoms with E-state index in [1.54, 1.807) is 0 Å². The van der Waals surface area contributed by atoms with Gasteiger partial charge in [0, 0.05) is 32.7 Å². The second kappa shape index (κ2) is 8.45. The monoisotopic (exact) mass is 257 g/mol. The fourth-order valence-corrected chi connectivity index (χ4v) is 2.33. The topological polar surface area (TPSA) is 44.8 Å². The summed E-state index contributed by atoms with van der Waals surface area (Å²) in [4.78, 5) is 16.4. The number of hydrogen-bond acceptors (Lipinski definition) is 5. The van der Waals surface area contributed by atoms with Crippen LogP contribution in [0.5, 0.6) is 0 Å². The Morgan fingerprint density at radius 2 is 1.83 bits per heavy atom. The number of nitrogens with zero attached hydrogens (tertiary/aromatic N) is 2. The van der Waals surface area contributed by atoms with E-state index in [2.05, 4.69) is 22.0 Å². The third-order valence-electron chi connectivity index (χ3n) is 3.58. The van der Waals surface area contributed by atoms with E-state index in [0.29, 0.717) is 0 Å². The van der Waals surface area contributed by atoms with Gasteiger partial charge in [-0.2, -0.15) is 0 Å². The Bertz CT molecular complexity index is 240. The zero-order valence-corrected chi connectivity index (χ0v) is 11.9. The summed E-state index contributed by atoms with van der Waals surface area (Å²) in [7, 11) is 1.45. The fraction of sp³-hybridized carbons (Fsp3) is 0.923. The molecule has 1 atom stereocenters. The first-order valence-electron chi connectivity index (χ1n) is 6.97. The molecule has 1 heterocycles. The Balaban J connectivity index is 2.27. The summed E-state index contributed by atoms with van der Waals surface area (Å²) in [5.74, 6) is -0.149. The van der Waals surface area contributed by atoms with E-state index in [9.17, 15) is 4.79 Å². The first-order chi connectivity index (χ1) is 8.71. The molecule has 0 aromatic heterocycles. The molecule has 0 amide bonds. The van der Waals surface area contributed by atoms with Crippen molar-refractivity contribution in [1.82, 2.24) is 15.1 Å². The molecule has 1 saturated heterocycles. The third-order valence-corrected chi connectivity index (χ3v) is 3.58. The van der Waals surface area contributed by atoms with Gasteiger partial charge in [-0.1, -0.05) is 13.8 Å². The molecule has 0 spiro atoms. The van der Waals surface area contributed by atoms with Crippen molar-refractivity contribution < 1.29 is 9.53 Å². The SMILES string of the molecule is CCNC(CCN1CCN(CC)CC1)C(=O)OC. The fourth-order valence-electron chi connectivity index (χ4n) is 2.33. The average Bonchev–Trinajstić information content (AvgIpc) is 2.43. The van der Waals surface area contributed by atoms with Crippen molar-refractivity contribution in [3.63, 3.8) is 0 Å². The molecule has 5 heteroatoms. The highest BCUT2D eigenvalue weighted by Gasteiger charge is 2.21. The Kier molecular flexibility index (Phi) is 7.23. The van der Waals surface area contributed by atoms with Crippen LogP contribution in [0.25, 0.3) is 0 Å². The van der Waals surface area contributed by atoms with Gasteiger partial charge in [0.25, 0.3) is 0 Å². The Labute approximate surface area is 110 Å². The van der Waals surface area contributed by atoms with Gasteiger partial charge in [0.1, 0.15) is 6.04 Å². The van der Waals surface area contributed by atoms with Crippen LogP contribution in [0.2, 0.25) is 0 Å². The highest BCUT2D eigenvalue weighted by molar-refractivity contribution is 5.75. The molecule has 1 rings (SSSR count). The number of esters is 1. The molecule has 1 aliphatic heterocycles. The molecule has 1 fully saturated rings. The lowest BCUT2D eigenvalue weighted by molar-refractivity contribution is -0.143. The van der Waals surface area contributed by atoms with Crippen LogP contribution in [0.1, 0.15) is 20.3 Å². The minimum atomic E-state index is -0.163. The molecule has 0 bridgehead atoms. The lowest BCUT2D eigenvalue weighted by atomic mass is 10.2. The summed E-state index contributed by atoms with van der Waals surface area (Å²) in [5, 5.41) is 3.18. The summed E-state index contributed by atoms with van der Waals surface area (Å²) in [6.07, 6.45) is 0.826. The zero-order valence-electron chi connectivity index (χ0n) is 11.9. The van der Waals surface area contributed by atoms with E-state index in [4.69, 9.17) is 4.74 Å². The molecular weight excluding hydrogens is 230 g/mol. The molecule has 0 aromatic carbocycles. The lowest BCUT2D eigenvalue weighted by Crippen LogP contribution is -2.48. The molecule has 0 radical (unpaired) electrons. The van der Waals surface area contributed by atoms with Gasteiger partial charge in [0.15, 0.2) is 0 Å². The third kappa shape index (κ3) is 4.92. The predicted molar refractivity (Wildman–Crippen MR) is 72.7 cm³/mol. The number of carbonyl (C=O) groups is 1. The number of likely N-dealkylation sites (N-methyl/N-ethyl adjacent to an activating group) is 2. The van der Waals surface area contributed by atoms with E-state index in [1.165, 1.54) is 7.11 Å². The van der Waals surface area contributed by atoms with Crippen LogP contribution < -0.4 is 5.32 Å². The largest absolute Gasteiger partial charge is 0.468 e. The van der Waals surface area contributed by atoms with Crippen LogP contribution in [0, 0.1) is 0 Å². The van der Waals surface area contributed by atoms with Gasteiger partial charge >= 0.3 is 5.97 Å².